The lowest BCUT2D eigenvalue weighted by atomic mass is 10.1. The van der Waals surface area contributed by atoms with E-state index < -0.39 is 17.6 Å². The van der Waals surface area contributed by atoms with Crippen LogP contribution in [0.1, 0.15) is 30.7 Å². The molecule has 0 bridgehead atoms. The SMILES string of the molecule is CCOP(=O)(Cc1c(C=Cc2ccc(Br)cc2)c2ccccc2n1S(=O)(=O)c1ccccc1)OCC. The summed E-state index contributed by atoms with van der Waals surface area (Å²) in [5.41, 5.74) is 2.42. The highest BCUT2D eigenvalue weighted by molar-refractivity contribution is 9.10. The van der Waals surface area contributed by atoms with Crippen LogP contribution < -0.4 is 0 Å². The maximum atomic E-state index is 14.0. The van der Waals surface area contributed by atoms with Crippen LogP contribution in [-0.4, -0.2) is 25.6 Å². The second kappa shape index (κ2) is 11.3. The number of halogens is 1. The van der Waals surface area contributed by atoms with Crippen LogP contribution in [-0.2, 0) is 29.8 Å². The summed E-state index contributed by atoms with van der Waals surface area (Å²) in [7, 11) is -7.66. The molecule has 0 spiro atoms. The third-order valence-electron chi connectivity index (χ3n) is 5.56. The highest BCUT2D eigenvalue weighted by Gasteiger charge is 2.33. The molecule has 0 unspecified atom stereocenters. The average molecular weight is 588 g/mol. The van der Waals surface area contributed by atoms with Crippen LogP contribution >= 0.6 is 23.5 Å². The summed E-state index contributed by atoms with van der Waals surface area (Å²) < 4.78 is 55.0. The highest BCUT2D eigenvalue weighted by atomic mass is 79.9. The van der Waals surface area contributed by atoms with Gasteiger partial charge in [-0.2, -0.15) is 0 Å². The van der Waals surface area contributed by atoms with E-state index in [0.717, 1.165) is 15.4 Å². The molecule has 0 amide bonds. The van der Waals surface area contributed by atoms with Gasteiger partial charge in [-0.1, -0.05) is 76.6 Å². The van der Waals surface area contributed by atoms with Crippen molar-refractivity contribution in [2.24, 2.45) is 0 Å². The van der Waals surface area contributed by atoms with Crippen molar-refractivity contribution in [3.63, 3.8) is 0 Å². The standard InChI is InChI=1S/C27H27BrNO5PS/c1-3-33-35(30,34-4-2)20-27-25(19-16-21-14-17-22(28)18-15-21)24-12-8-9-13-26(24)29(27)36(31,32)23-10-6-5-7-11-23/h5-19H,3-4,20H2,1-2H3. The summed E-state index contributed by atoms with van der Waals surface area (Å²) in [5.74, 6) is 0. The minimum atomic E-state index is -4.02. The van der Waals surface area contributed by atoms with E-state index in [1.165, 1.54) is 3.97 Å². The molecule has 6 nitrogen and oxygen atoms in total. The van der Waals surface area contributed by atoms with Gasteiger partial charge in [0.05, 0.1) is 35.5 Å². The van der Waals surface area contributed by atoms with Crippen LogP contribution in [0.4, 0.5) is 0 Å². The van der Waals surface area contributed by atoms with Crippen LogP contribution in [0.2, 0.25) is 0 Å². The molecule has 0 fully saturated rings. The lowest BCUT2D eigenvalue weighted by Gasteiger charge is -2.19. The lowest BCUT2D eigenvalue weighted by molar-refractivity contribution is 0.219. The molecule has 0 atom stereocenters. The molecule has 0 aliphatic heterocycles. The average Bonchev–Trinajstić information content (AvgIpc) is 3.17. The van der Waals surface area contributed by atoms with E-state index in [2.05, 4.69) is 15.9 Å². The first-order valence-electron chi connectivity index (χ1n) is 11.5. The third kappa shape index (κ3) is 5.58. The first kappa shape index (κ1) is 26.6. The molecule has 188 valence electrons. The van der Waals surface area contributed by atoms with Crippen LogP contribution in [0, 0.1) is 0 Å². The molecule has 9 heteroatoms. The van der Waals surface area contributed by atoms with Gasteiger partial charge in [-0.3, -0.25) is 4.57 Å². The van der Waals surface area contributed by atoms with E-state index in [9.17, 15) is 13.0 Å². The Labute approximate surface area is 220 Å². The fraction of sp³-hybridized carbons (Fsp3) is 0.185. The van der Waals surface area contributed by atoms with E-state index in [4.69, 9.17) is 9.05 Å². The Morgan fingerprint density at radius 3 is 2.11 bits per heavy atom. The molecular weight excluding hydrogens is 561 g/mol. The predicted molar refractivity (Wildman–Crippen MR) is 149 cm³/mol. The minimum Gasteiger partial charge on any atom is -0.309 e. The molecule has 0 radical (unpaired) electrons. The maximum Gasteiger partial charge on any atom is 0.336 e. The Morgan fingerprint density at radius 2 is 1.47 bits per heavy atom. The number of para-hydroxylation sites is 1. The second-order valence-electron chi connectivity index (χ2n) is 7.95. The molecule has 0 aliphatic rings. The molecule has 0 saturated heterocycles. The van der Waals surface area contributed by atoms with Crippen molar-refractivity contribution in [2.45, 2.75) is 24.9 Å². The van der Waals surface area contributed by atoms with Gasteiger partial charge in [0.1, 0.15) is 0 Å². The van der Waals surface area contributed by atoms with Gasteiger partial charge in [0.15, 0.2) is 0 Å². The van der Waals surface area contributed by atoms with E-state index in [1.807, 2.05) is 48.6 Å². The highest BCUT2D eigenvalue weighted by Crippen LogP contribution is 2.53. The van der Waals surface area contributed by atoms with Gasteiger partial charge >= 0.3 is 7.60 Å². The third-order valence-corrected chi connectivity index (χ3v) is 9.84. The van der Waals surface area contributed by atoms with Gasteiger partial charge in [-0.25, -0.2) is 12.4 Å². The topological polar surface area (TPSA) is 74.6 Å². The van der Waals surface area contributed by atoms with Gasteiger partial charge < -0.3 is 9.05 Å². The molecular formula is C27H27BrNO5PS. The number of rotatable bonds is 10. The van der Waals surface area contributed by atoms with E-state index in [0.29, 0.717) is 16.8 Å². The summed E-state index contributed by atoms with van der Waals surface area (Å²) in [4.78, 5) is 0.137. The van der Waals surface area contributed by atoms with Crippen LogP contribution in [0.25, 0.3) is 23.1 Å². The Hall–Kier alpha value is -2.48. The first-order chi connectivity index (χ1) is 17.3. The monoisotopic (exact) mass is 587 g/mol. The van der Waals surface area contributed by atoms with Crippen LogP contribution in [0.5, 0.6) is 0 Å². The van der Waals surface area contributed by atoms with Crippen molar-refractivity contribution < 1.29 is 22.0 Å². The Balaban J connectivity index is 2.00. The minimum absolute atomic E-state index is 0.137. The Bertz CT molecular complexity index is 1520. The zero-order valence-electron chi connectivity index (χ0n) is 20.0. The van der Waals surface area contributed by atoms with Crippen molar-refractivity contribution in [3.05, 3.63) is 100 Å². The summed E-state index contributed by atoms with van der Waals surface area (Å²) >= 11 is 3.44. The first-order valence-corrected chi connectivity index (χ1v) is 15.5. The summed E-state index contributed by atoms with van der Waals surface area (Å²) in [6.07, 6.45) is 3.57. The maximum absolute atomic E-state index is 14.0. The van der Waals surface area contributed by atoms with Crippen LogP contribution in [0.15, 0.2) is 88.2 Å². The quantitative estimate of drug-likeness (QED) is 0.179. The van der Waals surface area contributed by atoms with E-state index >= 15 is 0 Å². The van der Waals surface area contributed by atoms with E-state index in [-0.39, 0.29) is 24.3 Å². The fourth-order valence-corrected chi connectivity index (χ4v) is 7.72. The molecule has 0 saturated carbocycles. The largest absolute Gasteiger partial charge is 0.336 e. The molecule has 3 aromatic carbocycles. The second-order valence-corrected chi connectivity index (χ2v) is 12.7. The van der Waals surface area contributed by atoms with Gasteiger partial charge in [0.25, 0.3) is 10.0 Å². The number of hydrogen-bond acceptors (Lipinski definition) is 5. The number of hydrogen-bond donors (Lipinski definition) is 0. The molecule has 1 aromatic heterocycles. The molecule has 0 N–H and O–H groups in total. The zero-order valence-corrected chi connectivity index (χ0v) is 23.3. The van der Waals surface area contributed by atoms with Crippen molar-refractivity contribution in [3.8, 4) is 0 Å². The summed E-state index contributed by atoms with van der Waals surface area (Å²) in [5, 5.41) is 0.722. The van der Waals surface area contributed by atoms with Crippen LogP contribution in [0.3, 0.4) is 0 Å². The molecule has 4 rings (SSSR count). The number of aromatic nitrogens is 1. The zero-order chi connectivity index (χ0) is 25.8. The number of fused-ring (bicyclic) bond motifs is 1. The van der Waals surface area contributed by atoms with E-state index in [1.54, 1.807) is 56.3 Å². The van der Waals surface area contributed by atoms with Gasteiger partial charge in [0.2, 0.25) is 0 Å². The molecule has 36 heavy (non-hydrogen) atoms. The summed E-state index contributed by atoms with van der Waals surface area (Å²) in [6, 6.07) is 23.2. The molecule has 0 aliphatic carbocycles. The van der Waals surface area contributed by atoms with Gasteiger partial charge in [-0.15, -0.1) is 0 Å². The number of benzene rings is 3. The van der Waals surface area contributed by atoms with Crippen molar-refractivity contribution >= 4 is 56.6 Å². The van der Waals surface area contributed by atoms with Gasteiger partial charge in [0, 0.05) is 15.4 Å². The lowest BCUT2D eigenvalue weighted by Crippen LogP contribution is -2.16. The Kier molecular flexibility index (Phi) is 8.33. The predicted octanol–water partition coefficient (Wildman–Crippen LogP) is 7.58. The number of nitrogens with zero attached hydrogens (tertiary/aromatic N) is 1. The smallest absolute Gasteiger partial charge is 0.309 e. The molecule has 4 aromatic rings. The van der Waals surface area contributed by atoms with Crippen molar-refractivity contribution in [1.82, 2.24) is 3.97 Å². The normalized spacial score (nSPS) is 12.5. The fourth-order valence-electron chi connectivity index (χ4n) is 4.06. The van der Waals surface area contributed by atoms with Gasteiger partial charge in [-0.05, 0) is 49.7 Å². The Morgan fingerprint density at radius 1 is 0.861 bits per heavy atom. The molecule has 1 heterocycles. The van der Waals surface area contributed by atoms with Crippen molar-refractivity contribution in [1.29, 1.82) is 0 Å². The summed E-state index contributed by atoms with van der Waals surface area (Å²) in [6.45, 7) is 3.81. The van der Waals surface area contributed by atoms with Crippen molar-refractivity contribution in [2.75, 3.05) is 13.2 Å².